The second-order valence-electron chi connectivity index (χ2n) is 2.59. The van der Waals surface area contributed by atoms with Crippen LogP contribution in [0.4, 0.5) is 0 Å². The van der Waals surface area contributed by atoms with Gasteiger partial charge in [0.15, 0.2) is 10.8 Å². The van der Waals surface area contributed by atoms with Crippen LogP contribution in [-0.2, 0) is 0 Å². The van der Waals surface area contributed by atoms with E-state index in [9.17, 15) is 14.9 Å². The van der Waals surface area contributed by atoms with Crippen LogP contribution < -0.4 is 10.7 Å². The summed E-state index contributed by atoms with van der Waals surface area (Å²) in [5.74, 6) is -0.696. The van der Waals surface area contributed by atoms with Crippen LogP contribution in [0.2, 0.25) is 0 Å². The highest BCUT2D eigenvalue weighted by molar-refractivity contribution is 5.94. The van der Waals surface area contributed by atoms with Gasteiger partial charge in [-0.2, -0.15) is 4.94 Å². The number of carbonyl (C=O) groups excluding carboxylic acids is 1. The van der Waals surface area contributed by atoms with Gasteiger partial charge >= 0.3 is 0 Å². The number of nitrogens with zero attached hydrogens (tertiary/aromatic N) is 3. The third kappa shape index (κ3) is 1.63. The predicted octanol–water partition coefficient (Wildman–Crippen LogP) is -0.781. The molecule has 8 nitrogen and oxygen atoms in total. The minimum atomic E-state index is -1.02. The molecule has 0 aliphatic rings. The summed E-state index contributed by atoms with van der Waals surface area (Å²) >= 11 is 0. The molecule has 1 heterocycles. The summed E-state index contributed by atoms with van der Waals surface area (Å²) < 4.78 is 0. The van der Waals surface area contributed by atoms with Crippen molar-refractivity contribution in [3.63, 3.8) is 0 Å². The first kappa shape index (κ1) is 9.96. The molecule has 0 fully saturated rings. The molecule has 1 aromatic heterocycles. The molecular formula is C6H8N4O4. The Morgan fingerprint density at radius 2 is 2.21 bits per heavy atom. The zero-order valence-corrected chi connectivity index (χ0v) is 7.55. The summed E-state index contributed by atoms with van der Waals surface area (Å²) in [6.07, 6.45) is 0. The Hall–Kier alpha value is -2.12. The Labute approximate surface area is 78.3 Å². The van der Waals surface area contributed by atoms with Gasteiger partial charge in [0.05, 0.1) is 0 Å². The van der Waals surface area contributed by atoms with Crippen LogP contribution in [-0.4, -0.2) is 20.9 Å². The lowest BCUT2D eigenvalue weighted by molar-refractivity contribution is -0.752. The third-order valence-electron chi connectivity index (χ3n) is 1.64. The number of aromatic nitrogens is 2. The molecule has 1 amide bonds. The van der Waals surface area contributed by atoms with Gasteiger partial charge in [0.25, 0.3) is 5.91 Å². The smallest absolute Gasteiger partial charge is 0.254 e. The Bertz CT molecular complexity index is 397. The van der Waals surface area contributed by atoms with Crippen LogP contribution in [0.5, 0.6) is 0 Å². The number of primary amides is 1. The zero-order chi connectivity index (χ0) is 10.9. The molecule has 76 valence electrons. The first-order valence-electron chi connectivity index (χ1n) is 3.62. The van der Waals surface area contributed by atoms with Gasteiger partial charge in [-0.05, 0) is 6.92 Å². The summed E-state index contributed by atoms with van der Waals surface area (Å²) in [6, 6.07) is 0. The number of carbonyl (C=O) groups is 1. The normalized spacial score (nSPS) is 9.86. The Balaban J connectivity index is 3.16. The van der Waals surface area contributed by atoms with E-state index in [0.29, 0.717) is 4.85 Å². The molecular weight excluding hydrogens is 192 g/mol. The average Bonchev–Trinajstić information content (AvgIpc) is 2.25. The molecule has 0 aliphatic carbocycles. The molecule has 1 aromatic rings. The number of amides is 1. The van der Waals surface area contributed by atoms with E-state index in [2.05, 4.69) is 10.0 Å². The van der Waals surface area contributed by atoms with Gasteiger partial charge in [-0.1, -0.05) is 5.10 Å². The van der Waals surface area contributed by atoms with Crippen LogP contribution in [0.1, 0.15) is 21.7 Å². The summed E-state index contributed by atoms with van der Waals surface area (Å²) in [5.41, 5.74) is 5.66. The van der Waals surface area contributed by atoms with E-state index >= 15 is 0 Å². The molecule has 0 atom stereocenters. The van der Waals surface area contributed by atoms with E-state index in [1.807, 2.05) is 0 Å². The first-order valence-corrected chi connectivity index (χ1v) is 3.62. The fourth-order valence-corrected chi connectivity index (χ4v) is 1.12. The number of nitrogens with two attached hydrogens (primary N) is 1. The molecule has 0 radical (unpaired) electrons. The SMILES string of the molecule is Cc1nn(O[N+](=O)[O-])c(C)c1C(N)=O. The van der Waals surface area contributed by atoms with Gasteiger partial charge < -0.3 is 5.73 Å². The topological polar surface area (TPSA) is 113 Å². The van der Waals surface area contributed by atoms with Crippen LogP contribution in [0.25, 0.3) is 0 Å². The highest BCUT2D eigenvalue weighted by Gasteiger charge is 2.21. The molecule has 0 unspecified atom stereocenters. The molecule has 0 bridgehead atoms. The monoisotopic (exact) mass is 200 g/mol. The van der Waals surface area contributed by atoms with Gasteiger partial charge in [0, 0.05) is 11.8 Å². The van der Waals surface area contributed by atoms with Crippen molar-refractivity contribution >= 4 is 5.91 Å². The van der Waals surface area contributed by atoms with Gasteiger partial charge in [0.2, 0.25) is 0 Å². The van der Waals surface area contributed by atoms with Crippen LogP contribution in [0, 0.1) is 24.0 Å². The number of aryl methyl sites for hydroxylation is 1. The van der Waals surface area contributed by atoms with E-state index in [1.54, 1.807) is 0 Å². The summed E-state index contributed by atoms with van der Waals surface area (Å²) in [4.78, 5) is 25.6. The highest BCUT2D eigenvalue weighted by atomic mass is 17.0. The molecule has 0 spiro atoms. The number of hydrogen-bond acceptors (Lipinski definition) is 5. The average molecular weight is 200 g/mol. The molecule has 0 aromatic carbocycles. The van der Waals surface area contributed by atoms with Crippen molar-refractivity contribution in [2.75, 3.05) is 0 Å². The minimum Gasteiger partial charge on any atom is -0.365 e. The van der Waals surface area contributed by atoms with Crippen LogP contribution in [0.15, 0.2) is 0 Å². The van der Waals surface area contributed by atoms with E-state index in [4.69, 9.17) is 5.73 Å². The third-order valence-corrected chi connectivity index (χ3v) is 1.64. The van der Waals surface area contributed by atoms with Crippen molar-refractivity contribution < 1.29 is 14.8 Å². The first-order chi connectivity index (χ1) is 6.43. The largest absolute Gasteiger partial charge is 0.365 e. The summed E-state index contributed by atoms with van der Waals surface area (Å²) in [7, 11) is 0. The summed E-state index contributed by atoms with van der Waals surface area (Å²) in [6.45, 7) is 2.95. The van der Waals surface area contributed by atoms with Gasteiger partial charge in [-0.25, -0.2) is 10.1 Å². The van der Waals surface area contributed by atoms with Crippen molar-refractivity contribution in [3.05, 3.63) is 27.1 Å². The maximum atomic E-state index is 10.9. The lowest BCUT2D eigenvalue weighted by Gasteiger charge is -1.96. The fraction of sp³-hybridized carbons (Fsp3) is 0.333. The van der Waals surface area contributed by atoms with Crippen molar-refractivity contribution in [3.8, 4) is 0 Å². The molecule has 0 saturated heterocycles. The number of hydrogen-bond donors (Lipinski definition) is 1. The molecule has 0 saturated carbocycles. The van der Waals surface area contributed by atoms with E-state index < -0.39 is 11.0 Å². The molecule has 14 heavy (non-hydrogen) atoms. The standard InChI is InChI=1S/C6H8N4O4/c1-3-5(6(7)11)4(2)9(8-3)14-10(12)13/h1-2H3,(H2,7,11). The van der Waals surface area contributed by atoms with E-state index in [0.717, 1.165) is 0 Å². The molecule has 0 aliphatic heterocycles. The lowest BCUT2D eigenvalue weighted by atomic mass is 10.2. The Morgan fingerprint density at radius 1 is 1.64 bits per heavy atom. The highest BCUT2D eigenvalue weighted by Crippen LogP contribution is 2.10. The van der Waals surface area contributed by atoms with Crippen LogP contribution in [0.3, 0.4) is 0 Å². The maximum absolute atomic E-state index is 10.9. The van der Waals surface area contributed by atoms with Gasteiger partial charge in [0.1, 0.15) is 11.3 Å². The van der Waals surface area contributed by atoms with Crippen molar-refractivity contribution in [1.29, 1.82) is 0 Å². The Kier molecular flexibility index (Phi) is 2.36. The van der Waals surface area contributed by atoms with E-state index in [1.165, 1.54) is 13.8 Å². The van der Waals surface area contributed by atoms with E-state index in [-0.39, 0.29) is 17.0 Å². The second kappa shape index (κ2) is 3.32. The molecule has 1 rings (SSSR count). The van der Waals surface area contributed by atoms with Gasteiger partial charge in [-0.3, -0.25) is 4.79 Å². The second-order valence-corrected chi connectivity index (χ2v) is 2.59. The van der Waals surface area contributed by atoms with Crippen molar-refractivity contribution in [1.82, 2.24) is 9.94 Å². The summed E-state index contributed by atoms with van der Waals surface area (Å²) in [5, 5.41) is 12.6. The predicted molar refractivity (Wildman–Crippen MR) is 43.8 cm³/mol. The maximum Gasteiger partial charge on any atom is 0.254 e. The molecule has 8 heteroatoms. The van der Waals surface area contributed by atoms with Crippen molar-refractivity contribution in [2.24, 2.45) is 5.73 Å². The lowest BCUT2D eigenvalue weighted by Crippen LogP contribution is -2.21. The minimum absolute atomic E-state index is 0.131. The quantitative estimate of drug-likeness (QED) is 0.507. The van der Waals surface area contributed by atoms with Crippen molar-refractivity contribution in [2.45, 2.75) is 13.8 Å². The van der Waals surface area contributed by atoms with Crippen LogP contribution >= 0.6 is 0 Å². The van der Waals surface area contributed by atoms with Gasteiger partial charge in [-0.15, -0.1) is 0 Å². The number of rotatable bonds is 3. The Morgan fingerprint density at radius 3 is 2.57 bits per heavy atom. The molecule has 2 N–H and O–H groups in total. The zero-order valence-electron chi connectivity index (χ0n) is 7.55. The fourth-order valence-electron chi connectivity index (χ4n) is 1.12.